The Kier molecular flexibility index (Phi) is 42.9. The Balaban J connectivity index is -0.000000189. The van der Waals surface area contributed by atoms with Crippen LogP contribution in [0.15, 0.2) is 12.7 Å². The molecule has 2 aliphatic rings. The highest BCUT2D eigenvalue weighted by molar-refractivity contribution is 5.88. The van der Waals surface area contributed by atoms with Gasteiger partial charge in [-0.15, -0.1) is 18.9 Å². The van der Waals surface area contributed by atoms with Gasteiger partial charge in [0.25, 0.3) is 0 Å². The molecule has 0 spiro atoms. The fourth-order valence-corrected chi connectivity index (χ4v) is 4.66. The quantitative estimate of drug-likeness (QED) is 0.0887. The second kappa shape index (κ2) is 37.8. The third-order valence-electron chi connectivity index (χ3n) is 6.96. The van der Waals surface area contributed by atoms with Crippen LogP contribution in [0.25, 0.3) is 0 Å². The Morgan fingerprint density at radius 2 is 1.52 bits per heavy atom. The second-order valence-corrected chi connectivity index (χ2v) is 9.90. The summed E-state index contributed by atoms with van der Waals surface area (Å²) in [5.41, 5.74) is -0.121. The number of hydrogen-bond acceptors (Lipinski definition) is 5. The van der Waals surface area contributed by atoms with Gasteiger partial charge in [-0.05, 0) is 51.4 Å². The van der Waals surface area contributed by atoms with Crippen molar-refractivity contribution >= 4 is 30.5 Å². The van der Waals surface area contributed by atoms with Gasteiger partial charge in [-0.25, -0.2) is 4.79 Å². The minimum atomic E-state index is -0.413. The van der Waals surface area contributed by atoms with Crippen molar-refractivity contribution < 1.29 is 24.0 Å². The Hall–Kier alpha value is -3.35. The summed E-state index contributed by atoms with van der Waals surface area (Å²) in [5, 5.41) is 10.3. The van der Waals surface area contributed by atoms with Crippen molar-refractivity contribution in [1.82, 2.24) is 26.2 Å². The zero-order valence-corrected chi connectivity index (χ0v) is 31.5. The molecule has 1 aliphatic heterocycles. The molecule has 0 radical (unpaired) electrons. The van der Waals surface area contributed by atoms with E-state index in [-0.39, 0.29) is 23.1 Å². The van der Waals surface area contributed by atoms with Crippen LogP contribution in [-0.2, 0) is 19.2 Å². The topological polar surface area (TPSA) is 137 Å². The van der Waals surface area contributed by atoms with Gasteiger partial charge in [-0.2, -0.15) is 0 Å². The summed E-state index contributed by atoms with van der Waals surface area (Å²) in [5.74, 6) is 2.45. The van der Waals surface area contributed by atoms with Crippen LogP contribution < -0.4 is 21.3 Å². The summed E-state index contributed by atoms with van der Waals surface area (Å²) < 4.78 is 0. The third-order valence-corrected chi connectivity index (χ3v) is 6.96. The van der Waals surface area contributed by atoms with Gasteiger partial charge in [0.1, 0.15) is 6.04 Å². The molecule has 10 nitrogen and oxygen atoms in total. The van der Waals surface area contributed by atoms with Crippen molar-refractivity contribution in [2.45, 2.75) is 152 Å². The van der Waals surface area contributed by atoms with E-state index in [0.717, 1.165) is 45.1 Å². The van der Waals surface area contributed by atoms with Gasteiger partial charge in [0, 0.05) is 32.6 Å². The number of carbonyl (C=O) groups is 5. The summed E-state index contributed by atoms with van der Waals surface area (Å²) in [6.07, 6.45) is 16.5. The predicted octanol–water partition coefficient (Wildman–Crippen LogP) is 6.39. The van der Waals surface area contributed by atoms with Gasteiger partial charge in [-0.3, -0.25) is 19.2 Å². The van der Waals surface area contributed by atoms with Crippen molar-refractivity contribution in [3.8, 4) is 12.3 Å². The maximum atomic E-state index is 13.0. The van der Waals surface area contributed by atoms with E-state index in [1.165, 1.54) is 13.3 Å². The van der Waals surface area contributed by atoms with E-state index in [4.69, 9.17) is 6.42 Å². The number of terminal acetylenes is 1. The molecular weight excluding hydrogens is 582 g/mol. The summed E-state index contributed by atoms with van der Waals surface area (Å²) >= 11 is 0. The molecule has 5 amide bonds. The molecule has 270 valence electrons. The molecule has 1 heterocycles. The number of hydrogen-bond donors (Lipinski definition) is 4. The second-order valence-electron chi connectivity index (χ2n) is 9.90. The lowest BCUT2D eigenvalue weighted by Crippen LogP contribution is -2.58. The zero-order chi connectivity index (χ0) is 37.0. The summed E-state index contributed by atoms with van der Waals surface area (Å²) in [4.78, 5) is 56.9. The molecule has 0 bridgehead atoms. The number of ketones is 1. The summed E-state index contributed by atoms with van der Waals surface area (Å²) in [7, 11) is 1.60. The van der Waals surface area contributed by atoms with Crippen LogP contribution in [0.5, 0.6) is 0 Å². The van der Waals surface area contributed by atoms with Gasteiger partial charge in [0.2, 0.25) is 18.7 Å². The number of nitrogens with one attached hydrogen (secondary N) is 4. The van der Waals surface area contributed by atoms with Gasteiger partial charge < -0.3 is 26.2 Å². The van der Waals surface area contributed by atoms with Crippen LogP contribution in [-0.4, -0.2) is 73.7 Å². The van der Waals surface area contributed by atoms with Gasteiger partial charge in [-0.1, -0.05) is 87.7 Å². The van der Waals surface area contributed by atoms with E-state index in [1.54, 1.807) is 13.1 Å². The molecule has 1 saturated carbocycles. The first-order chi connectivity index (χ1) is 22.1. The zero-order valence-electron chi connectivity index (χ0n) is 31.5. The maximum Gasteiger partial charge on any atom is 0.315 e. The Labute approximate surface area is 283 Å². The number of rotatable bonds is 11. The Morgan fingerprint density at radius 3 is 1.87 bits per heavy atom. The molecule has 2 fully saturated rings. The molecule has 3 unspecified atom stereocenters. The van der Waals surface area contributed by atoms with Crippen molar-refractivity contribution in [1.29, 1.82) is 0 Å². The van der Waals surface area contributed by atoms with E-state index in [9.17, 15) is 24.0 Å². The predicted molar refractivity (Wildman–Crippen MR) is 194 cm³/mol. The third kappa shape index (κ3) is 24.9. The largest absolute Gasteiger partial charge is 0.355 e. The molecule has 0 aromatic carbocycles. The molecule has 46 heavy (non-hydrogen) atoms. The number of Topliss-reactive ketones (excluding diaryl/α,β-unsaturated/α-hetero) is 1. The lowest BCUT2D eigenvalue weighted by atomic mass is 9.70. The fourth-order valence-electron chi connectivity index (χ4n) is 4.66. The van der Waals surface area contributed by atoms with E-state index in [0.29, 0.717) is 38.2 Å². The highest BCUT2D eigenvalue weighted by atomic mass is 16.2. The lowest BCUT2D eigenvalue weighted by molar-refractivity contribution is -0.137. The van der Waals surface area contributed by atoms with E-state index in [1.807, 2.05) is 60.3 Å². The molecule has 0 aromatic rings. The van der Waals surface area contributed by atoms with Crippen molar-refractivity contribution in [2.75, 3.05) is 20.1 Å². The standard InChI is InChI=1S/C16H29N3O2.C8H11NO2.C4H7NO.4C2H6/c1-12-8-7-11-19(12)14(20)13(18-15(21)17-3)16(2)9-5-4-6-10-16;1-3-4-5-8(7(2)11)9-6-10;1-2-3-5-4-6;4*1-2/h12-13H,4-11H2,1-3H3,(H2,17,18,21);1,6,8H,4-5H2,2H3,(H,9,10);2,4H,1,3H2,(H,5,6);4*1-2H3. The SMILES string of the molecule is C#CCCC(NC=O)C(C)=O.C=CCNC=O.CC.CC.CC.CC.CNC(=O)NC(C(=O)N1CCCC1C)C1(C)CCCCC1. The van der Waals surface area contributed by atoms with Crippen LogP contribution in [0.2, 0.25) is 0 Å². The molecule has 1 saturated heterocycles. The lowest BCUT2D eigenvalue weighted by Gasteiger charge is -2.42. The Morgan fingerprint density at radius 1 is 0.978 bits per heavy atom. The first kappa shape index (κ1) is 52.2. The van der Waals surface area contributed by atoms with Gasteiger partial charge in [0.05, 0.1) is 6.04 Å². The van der Waals surface area contributed by atoms with Crippen LogP contribution in [0.1, 0.15) is 134 Å². The maximum absolute atomic E-state index is 13.0. The highest BCUT2D eigenvalue weighted by Gasteiger charge is 2.44. The number of carbonyl (C=O) groups excluding carboxylic acids is 5. The molecule has 3 atom stereocenters. The van der Waals surface area contributed by atoms with Crippen LogP contribution in [0, 0.1) is 17.8 Å². The molecule has 2 rings (SSSR count). The van der Waals surface area contributed by atoms with Gasteiger partial charge >= 0.3 is 6.03 Å². The van der Waals surface area contributed by atoms with E-state index in [2.05, 4.69) is 47.6 Å². The Bertz CT molecular complexity index is 799. The van der Waals surface area contributed by atoms with E-state index >= 15 is 0 Å². The van der Waals surface area contributed by atoms with Crippen molar-refractivity contribution in [2.24, 2.45) is 5.41 Å². The number of nitrogens with zero attached hydrogens (tertiary/aromatic N) is 1. The van der Waals surface area contributed by atoms with Crippen LogP contribution in [0.4, 0.5) is 4.79 Å². The van der Waals surface area contributed by atoms with Crippen LogP contribution >= 0.6 is 0 Å². The first-order valence-corrected chi connectivity index (χ1v) is 17.3. The number of urea groups is 1. The normalized spacial score (nSPS) is 16.1. The average Bonchev–Trinajstić information content (AvgIpc) is 3.54. The average molecular weight is 654 g/mol. The molecule has 4 N–H and O–H groups in total. The molecule has 10 heteroatoms. The molecule has 1 aliphatic carbocycles. The highest BCUT2D eigenvalue weighted by Crippen LogP contribution is 2.40. The molecular formula is C36H71N5O5. The van der Waals surface area contributed by atoms with Gasteiger partial charge in [0.15, 0.2) is 5.78 Å². The number of amides is 5. The summed E-state index contributed by atoms with van der Waals surface area (Å²) in [6.45, 7) is 26.4. The van der Waals surface area contributed by atoms with E-state index < -0.39 is 12.1 Å². The minimum Gasteiger partial charge on any atom is -0.355 e. The summed E-state index contributed by atoms with van der Waals surface area (Å²) in [6, 6.07) is -0.785. The van der Waals surface area contributed by atoms with Crippen molar-refractivity contribution in [3.63, 3.8) is 0 Å². The minimum absolute atomic E-state index is 0.0626. The van der Waals surface area contributed by atoms with Crippen LogP contribution in [0.3, 0.4) is 0 Å². The smallest absolute Gasteiger partial charge is 0.315 e. The first-order valence-electron chi connectivity index (χ1n) is 17.3. The van der Waals surface area contributed by atoms with Crippen molar-refractivity contribution in [3.05, 3.63) is 12.7 Å². The molecule has 0 aromatic heterocycles. The number of likely N-dealkylation sites (tertiary alicyclic amines) is 1. The fraction of sp³-hybridized carbons (Fsp3) is 0.750. The monoisotopic (exact) mass is 654 g/mol.